The molecule has 4 rings (SSSR count). The first-order valence-corrected chi connectivity index (χ1v) is 10.2. The van der Waals surface area contributed by atoms with Gasteiger partial charge in [0.2, 0.25) is 0 Å². The summed E-state index contributed by atoms with van der Waals surface area (Å²) >= 11 is 0. The van der Waals surface area contributed by atoms with Crippen LogP contribution in [0.4, 0.5) is 0 Å². The van der Waals surface area contributed by atoms with E-state index < -0.39 is 6.10 Å². The van der Waals surface area contributed by atoms with E-state index in [1.807, 2.05) is 18.2 Å². The quantitative estimate of drug-likeness (QED) is 0.699. The molecule has 0 saturated heterocycles. The highest BCUT2D eigenvalue weighted by molar-refractivity contribution is 5.30. The topological polar surface area (TPSA) is 80.9 Å². The van der Waals surface area contributed by atoms with Gasteiger partial charge in [0.05, 0.1) is 18.0 Å². The van der Waals surface area contributed by atoms with Gasteiger partial charge in [0.1, 0.15) is 5.82 Å². The number of hydrogen-bond acceptors (Lipinski definition) is 5. The summed E-state index contributed by atoms with van der Waals surface area (Å²) in [5.74, 6) is 2.07. The molecule has 1 fully saturated rings. The lowest BCUT2D eigenvalue weighted by Gasteiger charge is -2.12. The zero-order valence-corrected chi connectivity index (χ0v) is 16.6. The Hall–Kier alpha value is -2.86. The van der Waals surface area contributed by atoms with E-state index >= 15 is 0 Å². The van der Waals surface area contributed by atoms with Crippen molar-refractivity contribution >= 4 is 0 Å². The van der Waals surface area contributed by atoms with Gasteiger partial charge >= 0.3 is 0 Å². The molecule has 1 unspecified atom stereocenters. The van der Waals surface area contributed by atoms with Crippen LogP contribution in [-0.2, 0) is 12.8 Å². The van der Waals surface area contributed by atoms with E-state index in [-0.39, 0.29) is 5.56 Å². The Kier molecular flexibility index (Phi) is 5.81. The van der Waals surface area contributed by atoms with E-state index in [1.54, 1.807) is 48.4 Å². The fourth-order valence-corrected chi connectivity index (χ4v) is 4.11. The van der Waals surface area contributed by atoms with Gasteiger partial charge in [-0.15, -0.1) is 0 Å². The van der Waals surface area contributed by atoms with Gasteiger partial charge in [-0.05, 0) is 62.6 Å². The molecule has 0 amide bonds. The summed E-state index contributed by atoms with van der Waals surface area (Å²) in [6.45, 7) is 1.72. The molecule has 0 radical (unpaired) electrons. The zero-order chi connectivity index (χ0) is 20.2. The largest absolute Gasteiger partial charge is 0.389 e. The molecule has 3 atom stereocenters. The Balaban J connectivity index is 1.33. The fourth-order valence-electron chi connectivity index (χ4n) is 4.11. The van der Waals surface area contributed by atoms with Crippen molar-refractivity contribution in [2.45, 2.75) is 45.1 Å². The van der Waals surface area contributed by atoms with E-state index in [0.29, 0.717) is 11.8 Å². The molecule has 1 aliphatic carbocycles. The van der Waals surface area contributed by atoms with Crippen molar-refractivity contribution in [2.24, 2.45) is 11.8 Å². The number of nitrogens with zero attached hydrogens (tertiary/aromatic N) is 4. The van der Waals surface area contributed by atoms with E-state index in [4.69, 9.17) is 0 Å². The van der Waals surface area contributed by atoms with Crippen LogP contribution in [0.1, 0.15) is 49.4 Å². The standard InChI is InChI=1S/C23H26N4O2/c1-16(28)19-13-25-22(26-14-19)12-18-6-5-17(10-18)11-20-7-8-21(15-24-20)27-9-3-2-4-23(27)29/h2-4,7-9,13-18,28H,5-6,10-12H2,1H3/t16?,17-,18-/m0/s1. The third kappa shape index (κ3) is 4.77. The second-order valence-corrected chi connectivity index (χ2v) is 7.98. The predicted molar refractivity (Wildman–Crippen MR) is 111 cm³/mol. The normalized spacial score (nSPS) is 19.9. The third-order valence-corrected chi connectivity index (χ3v) is 5.74. The second kappa shape index (κ2) is 8.66. The molecule has 29 heavy (non-hydrogen) atoms. The highest BCUT2D eigenvalue weighted by Crippen LogP contribution is 2.34. The van der Waals surface area contributed by atoms with Crippen LogP contribution in [-0.4, -0.2) is 24.6 Å². The van der Waals surface area contributed by atoms with Crippen molar-refractivity contribution in [3.63, 3.8) is 0 Å². The smallest absolute Gasteiger partial charge is 0.255 e. The molecule has 0 spiro atoms. The lowest BCUT2D eigenvalue weighted by Crippen LogP contribution is -2.15. The van der Waals surface area contributed by atoms with Crippen LogP contribution in [0.5, 0.6) is 0 Å². The fraction of sp³-hybridized carbons (Fsp3) is 0.391. The van der Waals surface area contributed by atoms with Crippen LogP contribution >= 0.6 is 0 Å². The van der Waals surface area contributed by atoms with Crippen molar-refractivity contribution in [3.05, 3.63) is 82.6 Å². The molecule has 3 aromatic heterocycles. The predicted octanol–water partition coefficient (Wildman–Crippen LogP) is 3.28. The average molecular weight is 390 g/mol. The monoisotopic (exact) mass is 390 g/mol. The van der Waals surface area contributed by atoms with Crippen molar-refractivity contribution < 1.29 is 5.11 Å². The number of hydrogen-bond donors (Lipinski definition) is 1. The van der Waals surface area contributed by atoms with E-state index in [1.165, 1.54) is 12.8 Å². The minimum atomic E-state index is -0.528. The van der Waals surface area contributed by atoms with Gasteiger partial charge in [0.15, 0.2) is 0 Å². The number of rotatable bonds is 6. The third-order valence-electron chi connectivity index (χ3n) is 5.74. The summed E-state index contributed by atoms with van der Waals surface area (Å²) in [5.41, 5.74) is 2.57. The number of aliphatic hydroxyl groups is 1. The Labute approximate surface area is 170 Å². The van der Waals surface area contributed by atoms with E-state index in [0.717, 1.165) is 42.0 Å². The maximum absolute atomic E-state index is 11.9. The first-order chi connectivity index (χ1) is 14.1. The maximum Gasteiger partial charge on any atom is 0.255 e. The van der Waals surface area contributed by atoms with Gasteiger partial charge < -0.3 is 5.11 Å². The Morgan fingerprint density at radius 1 is 1.03 bits per heavy atom. The van der Waals surface area contributed by atoms with Crippen LogP contribution < -0.4 is 5.56 Å². The summed E-state index contributed by atoms with van der Waals surface area (Å²) < 4.78 is 1.60. The number of aliphatic hydroxyl groups excluding tert-OH is 1. The summed E-state index contributed by atoms with van der Waals surface area (Å²) in [6, 6.07) is 9.13. The molecule has 3 aromatic rings. The Morgan fingerprint density at radius 3 is 2.45 bits per heavy atom. The Bertz CT molecular complexity index is 996. The molecule has 6 heteroatoms. The highest BCUT2D eigenvalue weighted by atomic mass is 16.3. The lowest BCUT2D eigenvalue weighted by molar-refractivity contribution is 0.198. The maximum atomic E-state index is 11.9. The van der Waals surface area contributed by atoms with Gasteiger partial charge in [0, 0.05) is 42.3 Å². The molecule has 0 bridgehead atoms. The van der Waals surface area contributed by atoms with Crippen LogP contribution in [0.15, 0.2) is 59.9 Å². The summed E-state index contributed by atoms with van der Waals surface area (Å²) in [7, 11) is 0. The molecule has 1 saturated carbocycles. The molecule has 1 N–H and O–H groups in total. The molecule has 0 aromatic carbocycles. The molecule has 6 nitrogen and oxygen atoms in total. The minimum absolute atomic E-state index is 0.0515. The van der Waals surface area contributed by atoms with E-state index in [2.05, 4.69) is 15.0 Å². The molecular weight excluding hydrogens is 364 g/mol. The number of pyridine rings is 2. The first kappa shape index (κ1) is 19.5. The van der Waals surface area contributed by atoms with Crippen LogP contribution in [0, 0.1) is 11.8 Å². The second-order valence-electron chi connectivity index (χ2n) is 7.98. The lowest BCUT2D eigenvalue weighted by atomic mass is 9.97. The zero-order valence-electron chi connectivity index (χ0n) is 16.6. The molecule has 1 aliphatic rings. The molecule has 3 heterocycles. The van der Waals surface area contributed by atoms with Crippen LogP contribution in [0.3, 0.4) is 0 Å². The Morgan fingerprint density at radius 2 is 1.79 bits per heavy atom. The summed E-state index contributed by atoms with van der Waals surface area (Å²) in [5, 5.41) is 9.57. The van der Waals surface area contributed by atoms with Gasteiger partial charge in [-0.2, -0.15) is 0 Å². The summed E-state index contributed by atoms with van der Waals surface area (Å²) in [4.78, 5) is 25.3. The molecular formula is C23H26N4O2. The van der Waals surface area contributed by atoms with Crippen LogP contribution in [0.2, 0.25) is 0 Å². The molecule has 0 aliphatic heterocycles. The molecule has 150 valence electrons. The first-order valence-electron chi connectivity index (χ1n) is 10.2. The van der Waals surface area contributed by atoms with Crippen molar-refractivity contribution in [2.75, 3.05) is 0 Å². The average Bonchev–Trinajstić information content (AvgIpc) is 3.16. The van der Waals surface area contributed by atoms with Gasteiger partial charge in [-0.25, -0.2) is 9.97 Å². The number of aromatic nitrogens is 4. The van der Waals surface area contributed by atoms with Gasteiger partial charge in [-0.3, -0.25) is 14.3 Å². The van der Waals surface area contributed by atoms with Crippen molar-refractivity contribution in [3.8, 4) is 5.69 Å². The van der Waals surface area contributed by atoms with Crippen molar-refractivity contribution in [1.82, 2.24) is 19.5 Å². The van der Waals surface area contributed by atoms with Gasteiger partial charge in [0.25, 0.3) is 5.56 Å². The van der Waals surface area contributed by atoms with Crippen LogP contribution in [0.25, 0.3) is 5.69 Å². The van der Waals surface area contributed by atoms with Gasteiger partial charge in [-0.1, -0.05) is 6.07 Å². The van der Waals surface area contributed by atoms with E-state index in [9.17, 15) is 9.90 Å². The van der Waals surface area contributed by atoms with Crippen molar-refractivity contribution in [1.29, 1.82) is 0 Å². The summed E-state index contributed by atoms with van der Waals surface area (Å²) in [6.07, 6.45) is 11.8. The highest BCUT2D eigenvalue weighted by Gasteiger charge is 2.26. The SMILES string of the molecule is CC(O)c1cnc(C[C@H]2CC[C@H](Cc3ccc(-n4ccccc4=O)cn3)C2)nc1. The minimum Gasteiger partial charge on any atom is -0.389 e.